The van der Waals surface area contributed by atoms with Crippen molar-refractivity contribution in [3.63, 3.8) is 0 Å². The monoisotopic (exact) mass is 293 g/mol. The minimum Gasteiger partial charge on any atom is -0.327 e. The van der Waals surface area contributed by atoms with Crippen LogP contribution >= 0.6 is 15.9 Å². The van der Waals surface area contributed by atoms with Crippen molar-refractivity contribution in [1.29, 1.82) is 0 Å². The van der Waals surface area contributed by atoms with E-state index in [2.05, 4.69) is 60.7 Å². The van der Waals surface area contributed by atoms with E-state index >= 15 is 0 Å². The van der Waals surface area contributed by atoms with Crippen molar-refractivity contribution in [2.75, 3.05) is 0 Å². The average molecular weight is 294 g/mol. The Balaban J connectivity index is 2.46. The third-order valence-corrected chi connectivity index (χ3v) is 2.77. The fourth-order valence-electron chi connectivity index (χ4n) is 1.44. The highest BCUT2D eigenvalue weighted by atomic mass is 79.9. The lowest BCUT2D eigenvalue weighted by atomic mass is 9.97. The molecule has 1 atom stereocenters. The quantitative estimate of drug-likeness (QED) is 0.844. The molecule has 0 amide bonds. The lowest BCUT2D eigenvalue weighted by Crippen LogP contribution is -2.22. The molecule has 2 heteroatoms. The molecule has 0 aliphatic carbocycles. The van der Waals surface area contributed by atoms with E-state index in [1.807, 2.05) is 12.1 Å². The molecule has 17 heavy (non-hydrogen) atoms. The maximum atomic E-state index is 6.06. The molecule has 0 fully saturated rings. The van der Waals surface area contributed by atoms with Gasteiger partial charge in [-0.15, -0.1) is 5.92 Å². The van der Waals surface area contributed by atoms with Crippen LogP contribution in [0.4, 0.5) is 0 Å². The fraction of sp³-hybridized carbons (Fsp3) is 0.467. The van der Waals surface area contributed by atoms with Crippen molar-refractivity contribution in [3.05, 3.63) is 34.3 Å². The van der Waals surface area contributed by atoms with Crippen molar-refractivity contribution in [3.8, 4) is 11.8 Å². The summed E-state index contributed by atoms with van der Waals surface area (Å²) in [5.74, 6) is 6.38. The summed E-state index contributed by atoms with van der Waals surface area (Å²) in [5.41, 5.74) is 7.39. The third-order valence-electron chi connectivity index (χ3n) is 2.24. The molecule has 1 aromatic rings. The van der Waals surface area contributed by atoms with Crippen LogP contribution in [0.25, 0.3) is 0 Å². The van der Waals surface area contributed by atoms with Crippen molar-refractivity contribution in [1.82, 2.24) is 0 Å². The second kappa shape index (κ2) is 6.23. The van der Waals surface area contributed by atoms with Crippen molar-refractivity contribution >= 4 is 15.9 Å². The molecule has 0 bridgehead atoms. The zero-order chi connectivity index (χ0) is 12.9. The Morgan fingerprint density at radius 1 is 1.24 bits per heavy atom. The molecule has 0 aromatic heterocycles. The van der Waals surface area contributed by atoms with Crippen LogP contribution in [0.1, 0.15) is 32.8 Å². The molecule has 0 saturated heterocycles. The Hall–Kier alpha value is -0.780. The summed E-state index contributed by atoms with van der Waals surface area (Å²) in [4.78, 5) is 0. The van der Waals surface area contributed by atoms with Gasteiger partial charge in [-0.3, -0.25) is 0 Å². The highest BCUT2D eigenvalue weighted by Gasteiger charge is 2.05. The van der Waals surface area contributed by atoms with Gasteiger partial charge in [-0.1, -0.05) is 34.0 Å². The first kappa shape index (κ1) is 14.3. The predicted molar refractivity (Wildman–Crippen MR) is 77.7 cm³/mol. The Morgan fingerprint density at radius 3 is 2.35 bits per heavy atom. The van der Waals surface area contributed by atoms with Gasteiger partial charge >= 0.3 is 0 Å². The molecule has 0 heterocycles. The SMILES string of the molecule is CC(C)(C)C#CCC(N)Cc1ccc(Br)cc1. The standard InChI is InChI=1S/C15H20BrN/c1-15(2,3)10-4-5-14(17)11-12-6-8-13(16)9-7-12/h6-9,14H,5,11,17H2,1-3H3. The zero-order valence-electron chi connectivity index (χ0n) is 10.8. The second-order valence-corrected chi connectivity index (χ2v) is 6.26. The van der Waals surface area contributed by atoms with Gasteiger partial charge in [-0.25, -0.2) is 0 Å². The summed E-state index contributed by atoms with van der Waals surface area (Å²) in [6.07, 6.45) is 1.64. The number of hydrogen-bond acceptors (Lipinski definition) is 1. The van der Waals surface area contributed by atoms with Gasteiger partial charge in [0, 0.05) is 22.4 Å². The molecule has 0 spiro atoms. The highest BCUT2D eigenvalue weighted by molar-refractivity contribution is 9.10. The molecule has 1 rings (SSSR count). The number of hydrogen-bond donors (Lipinski definition) is 1. The van der Waals surface area contributed by atoms with Gasteiger partial charge in [0.1, 0.15) is 0 Å². The highest BCUT2D eigenvalue weighted by Crippen LogP contribution is 2.13. The van der Waals surface area contributed by atoms with E-state index in [1.54, 1.807) is 0 Å². The first-order chi connectivity index (χ1) is 7.87. The van der Waals surface area contributed by atoms with Crippen LogP contribution in [0.2, 0.25) is 0 Å². The van der Waals surface area contributed by atoms with Crippen LogP contribution < -0.4 is 5.73 Å². The van der Waals surface area contributed by atoms with Crippen molar-refractivity contribution < 1.29 is 0 Å². The Labute approximate surface area is 113 Å². The van der Waals surface area contributed by atoms with E-state index < -0.39 is 0 Å². The fourth-order valence-corrected chi connectivity index (χ4v) is 1.71. The van der Waals surface area contributed by atoms with Gasteiger partial charge in [0.15, 0.2) is 0 Å². The van der Waals surface area contributed by atoms with Crippen molar-refractivity contribution in [2.24, 2.45) is 11.1 Å². The summed E-state index contributed by atoms with van der Waals surface area (Å²) in [6.45, 7) is 6.33. The van der Waals surface area contributed by atoms with Crippen LogP contribution in [0, 0.1) is 17.3 Å². The molecule has 1 aromatic carbocycles. The van der Waals surface area contributed by atoms with Gasteiger partial charge in [0.05, 0.1) is 0 Å². The Kier molecular flexibility index (Phi) is 5.24. The summed E-state index contributed by atoms with van der Waals surface area (Å²) in [7, 11) is 0. The molecular formula is C15H20BrN. The minimum atomic E-state index is 0.0668. The largest absolute Gasteiger partial charge is 0.327 e. The smallest absolute Gasteiger partial charge is 0.0244 e. The first-order valence-electron chi connectivity index (χ1n) is 5.87. The Morgan fingerprint density at radius 2 is 1.82 bits per heavy atom. The molecule has 1 nitrogen and oxygen atoms in total. The van der Waals surface area contributed by atoms with E-state index in [9.17, 15) is 0 Å². The van der Waals surface area contributed by atoms with E-state index in [0.717, 1.165) is 17.3 Å². The minimum absolute atomic E-state index is 0.0668. The van der Waals surface area contributed by atoms with E-state index in [4.69, 9.17) is 5.73 Å². The predicted octanol–water partition coefficient (Wildman–Crippen LogP) is 3.76. The number of rotatable bonds is 3. The number of halogens is 1. The maximum Gasteiger partial charge on any atom is 0.0244 e. The molecule has 0 radical (unpaired) electrons. The lowest BCUT2D eigenvalue weighted by Gasteiger charge is -2.10. The average Bonchev–Trinajstić information content (AvgIpc) is 2.19. The van der Waals surface area contributed by atoms with Crippen LogP contribution in [-0.2, 0) is 6.42 Å². The number of benzene rings is 1. The van der Waals surface area contributed by atoms with Gasteiger partial charge in [-0.2, -0.15) is 0 Å². The summed E-state index contributed by atoms with van der Waals surface area (Å²) >= 11 is 3.42. The molecule has 0 saturated carbocycles. The second-order valence-electron chi connectivity index (χ2n) is 5.35. The van der Waals surface area contributed by atoms with Gasteiger partial charge in [-0.05, 0) is 44.9 Å². The van der Waals surface area contributed by atoms with Gasteiger partial charge in [0.2, 0.25) is 0 Å². The molecule has 2 N–H and O–H groups in total. The van der Waals surface area contributed by atoms with E-state index in [1.165, 1.54) is 5.56 Å². The first-order valence-corrected chi connectivity index (χ1v) is 6.66. The summed E-state index contributed by atoms with van der Waals surface area (Å²) in [6, 6.07) is 8.40. The number of nitrogens with two attached hydrogens (primary N) is 1. The Bertz CT molecular complexity index is 403. The molecule has 1 unspecified atom stereocenters. The van der Waals surface area contributed by atoms with Crippen LogP contribution in [0.15, 0.2) is 28.7 Å². The molecular weight excluding hydrogens is 274 g/mol. The molecule has 92 valence electrons. The summed E-state index contributed by atoms with van der Waals surface area (Å²) in [5, 5.41) is 0. The normalized spacial score (nSPS) is 12.8. The third kappa shape index (κ3) is 6.51. The maximum absolute atomic E-state index is 6.06. The van der Waals surface area contributed by atoms with Gasteiger partial charge < -0.3 is 5.73 Å². The molecule has 0 aliphatic rings. The van der Waals surface area contributed by atoms with Crippen LogP contribution in [0.3, 0.4) is 0 Å². The lowest BCUT2D eigenvalue weighted by molar-refractivity contribution is 0.569. The topological polar surface area (TPSA) is 26.0 Å². The van der Waals surface area contributed by atoms with E-state index in [-0.39, 0.29) is 11.5 Å². The van der Waals surface area contributed by atoms with E-state index in [0.29, 0.717) is 0 Å². The van der Waals surface area contributed by atoms with Crippen LogP contribution in [-0.4, -0.2) is 6.04 Å². The summed E-state index contributed by atoms with van der Waals surface area (Å²) < 4.78 is 1.10. The zero-order valence-corrected chi connectivity index (χ0v) is 12.3. The van der Waals surface area contributed by atoms with Gasteiger partial charge in [0.25, 0.3) is 0 Å². The van der Waals surface area contributed by atoms with Crippen LogP contribution in [0.5, 0.6) is 0 Å². The molecule has 0 aliphatic heterocycles. The van der Waals surface area contributed by atoms with Crippen molar-refractivity contribution in [2.45, 2.75) is 39.7 Å².